The molecule has 136 valence electrons. The second kappa shape index (κ2) is 10.2. The number of hydrogen-bond acceptors (Lipinski definition) is 3. The molecule has 0 unspecified atom stereocenters. The van der Waals surface area contributed by atoms with Gasteiger partial charge in [-0.25, -0.2) is 0 Å². The van der Waals surface area contributed by atoms with Crippen LogP contribution in [0.5, 0.6) is 11.5 Å². The summed E-state index contributed by atoms with van der Waals surface area (Å²) in [5.41, 5.74) is 6.12. The largest absolute Gasteiger partial charge is 0.493 e. The van der Waals surface area contributed by atoms with E-state index in [0.717, 1.165) is 11.1 Å². The summed E-state index contributed by atoms with van der Waals surface area (Å²) in [7, 11) is 1.62. The van der Waals surface area contributed by atoms with Crippen LogP contribution in [0.4, 0.5) is 0 Å². The highest BCUT2D eigenvalue weighted by Crippen LogP contribution is 2.28. The summed E-state index contributed by atoms with van der Waals surface area (Å²) >= 11 is 5.10. The van der Waals surface area contributed by atoms with Gasteiger partial charge in [-0.05, 0) is 42.9 Å². The zero-order valence-corrected chi connectivity index (χ0v) is 15.9. The fourth-order valence-corrected chi connectivity index (χ4v) is 2.27. The summed E-state index contributed by atoms with van der Waals surface area (Å²) < 4.78 is 11.3. The average Bonchev–Trinajstić information content (AvgIpc) is 2.66. The number of aryl methyl sites for hydroxylation is 1. The first-order chi connectivity index (χ1) is 12.6. The van der Waals surface area contributed by atoms with Crippen LogP contribution in [-0.4, -0.2) is 25.0 Å². The van der Waals surface area contributed by atoms with Crippen LogP contribution in [-0.2, 0) is 6.61 Å². The normalized spacial score (nSPS) is 10.4. The van der Waals surface area contributed by atoms with Crippen molar-refractivity contribution < 1.29 is 14.6 Å². The monoisotopic (exact) mass is 370 g/mol. The second-order valence-electron chi connectivity index (χ2n) is 5.60. The Balaban J connectivity index is 1.96. The highest BCUT2D eigenvalue weighted by molar-refractivity contribution is 7.80. The zero-order chi connectivity index (χ0) is 18.8. The van der Waals surface area contributed by atoms with Crippen molar-refractivity contribution in [1.29, 1.82) is 0 Å². The molecule has 0 heterocycles. The minimum absolute atomic E-state index is 0.489. The number of hydrogen-bond donors (Lipinski definition) is 3. The van der Waals surface area contributed by atoms with Crippen molar-refractivity contribution in [3.05, 3.63) is 71.8 Å². The number of nitrogens with one attached hydrogen (secondary N) is 3. The molecule has 3 N–H and O–H groups in total. The Morgan fingerprint density at radius 3 is 2.65 bits per heavy atom. The van der Waals surface area contributed by atoms with Gasteiger partial charge in [-0.15, -0.1) is 17.1 Å². The molecule has 2 aromatic rings. The van der Waals surface area contributed by atoms with E-state index in [4.69, 9.17) is 21.7 Å². The van der Waals surface area contributed by atoms with E-state index in [1.165, 1.54) is 5.56 Å². The lowest BCUT2D eigenvalue weighted by atomic mass is 10.2. The molecule has 0 spiro atoms. The third-order valence-corrected chi connectivity index (χ3v) is 3.78. The SMILES string of the molecule is C=CCNC(=S)N[NH+]=Cc1ccc(OCc2ccc(C)cc2)c(OC)c1. The molecule has 0 fully saturated rings. The lowest BCUT2D eigenvalue weighted by Crippen LogP contribution is -2.82. The van der Waals surface area contributed by atoms with Gasteiger partial charge in [-0.1, -0.05) is 35.9 Å². The highest BCUT2D eigenvalue weighted by atomic mass is 32.1. The van der Waals surface area contributed by atoms with E-state index in [2.05, 4.69) is 53.6 Å². The Kier molecular flexibility index (Phi) is 7.64. The number of methoxy groups -OCH3 is 1. The number of rotatable bonds is 8. The molecule has 2 aromatic carbocycles. The first-order valence-electron chi connectivity index (χ1n) is 8.22. The third kappa shape index (κ3) is 6.22. The number of hydrazine groups is 1. The van der Waals surface area contributed by atoms with Gasteiger partial charge < -0.3 is 14.8 Å². The Bertz CT molecular complexity index is 773. The minimum atomic E-state index is 0.489. The van der Waals surface area contributed by atoms with Crippen LogP contribution >= 0.6 is 12.2 Å². The lowest BCUT2D eigenvalue weighted by molar-refractivity contribution is -0.500. The van der Waals surface area contributed by atoms with Crippen molar-refractivity contribution in [1.82, 2.24) is 10.7 Å². The predicted octanol–water partition coefficient (Wildman–Crippen LogP) is 1.65. The van der Waals surface area contributed by atoms with Crippen LogP contribution in [0.3, 0.4) is 0 Å². The first-order valence-corrected chi connectivity index (χ1v) is 8.63. The van der Waals surface area contributed by atoms with E-state index in [-0.39, 0.29) is 0 Å². The van der Waals surface area contributed by atoms with E-state index in [1.54, 1.807) is 19.4 Å². The van der Waals surface area contributed by atoms with E-state index in [9.17, 15) is 0 Å². The molecule has 26 heavy (non-hydrogen) atoms. The quantitative estimate of drug-likeness (QED) is 0.286. The molecule has 0 amide bonds. The van der Waals surface area contributed by atoms with Crippen LogP contribution < -0.4 is 25.3 Å². The van der Waals surface area contributed by atoms with Gasteiger partial charge in [0.1, 0.15) is 6.61 Å². The van der Waals surface area contributed by atoms with E-state index < -0.39 is 0 Å². The van der Waals surface area contributed by atoms with Crippen LogP contribution in [0.1, 0.15) is 16.7 Å². The van der Waals surface area contributed by atoms with Crippen molar-refractivity contribution in [3.63, 3.8) is 0 Å². The molecule has 0 aliphatic heterocycles. The summed E-state index contributed by atoms with van der Waals surface area (Å²) in [5.74, 6) is 1.36. The molecule has 0 aromatic heterocycles. The van der Waals surface area contributed by atoms with Gasteiger partial charge in [0.15, 0.2) is 17.7 Å². The Morgan fingerprint density at radius 2 is 1.96 bits per heavy atom. The highest BCUT2D eigenvalue weighted by Gasteiger charge is 2.07. The summed E-state index contributed by atoms with van der Waals surface area (Å²) in [6.07, 6.45) is 3.52. The number of hydrazone groups is 1. The fourth-order valence-electron chi connectivity index (χ4n) is 2.13. The van der Waals surface area contributed by atoms with Gasteiger partial charge in [0.25, 0.3) is 0 Å². The van der Waals surface area contributed by atoms with Crippen molar-refractivity contribution in [2.75, 3.05) is 13.7 Å². The molecule has 0 saturated carbocycles. The van der Waals surface area contributed by atoms with Crippen LogP contribution in [0, 0.1) is 6.92 Å². The Morgan fingerprint density at radius 1 is 1.19 bits per heavy atom. The van der Waals surface area contributed by atoms with Gasteiger partial charge in [-0.3, -0.25) is 0 Å². The predicted molar refractivity (Wildman–Crippen MR) is 109 cm³/mol. The molecule has 0 radical (unpaired) electrons. The molecule has 0 aliphatic carbocycles. The molecule has 0 aliphatic rings. The van der Waals surface area contributed by atoms with Crippen LogP contribution in [0.25, 0.3) is 0 Å². The van der Waals surface area contributed by atoms with Gasteiger partial charge >= 0.3 is 0 Å². The molecule has 0 bridgehead atoms. The molecule has 6 heteroatoms. The van der Waals surface area contributed by atoms with E-state index in [0.29, 0.717) is 29.8 Å². The molecule has 0 atom stereocenters. The lowest BCUT2D eigenvalue weighted by Gasteiger charge is -2.11. The van der Waals surface area contributed by atoms with Gasteiger partial charge in [0.2, 0.25) is 5.11 Å². The summed E-state index contributed by atoms with van der Waals surface area (Å²) in [4.78, 5) is 0. The van der Waals surface area contributed by atoms with Gasteiger partial charge in [-0.2, -0.15) is 0 Å². The molecular formula is C20H24N3O2S+. The molecular weight excluding hydrogens is 346 g/mol. The molecule has 0 saturated heterocycles. The van der Waals surface area contributed by atoms with Crippen molar-refractivity contribution in [3.8, 4) is 11.5 Å². The van der Waals surface area contributed by atoms with Crippen LogP contribution in [0.15, 0.2) is 55.1 Å². The number of ether oxygens (including phenoxy) is 2. The Labute approximate surface area is 159 Å². The topological polar surface area (TPSA) is 56.5 Å². The maximum atomic E-state index is 5.88. The summed E-state index contributed by atoms with van der Waals surface area (Å²) in [5, 5.41) is 6.39. The van der Waals surface area contributed by atoms with E-state index in [1.807, 2.05) is 18.2 Å². The van der Waals surface area contributed by atoms with Crippen molar-refractivity contribution in [2.45, 2.75) is 13.5 Å². The fraction of sp³-hybridized carbons (Fsp3) is 0.200. The third-order valence-electron chi connectivity index (χ3n) is 3.53. The van der Waals surface area contributed by atoms with Crippen molar-refractivity contribution >= 4 is 23.5 Å². The Hall–Kier alpha value is -2.86. The summed E-state index contributed by atoms with van der Waals surface area (Å²) in [6, 6.07) is 14.0. The van der Waals surface area contributed by atoms with Crippen LogP contribution in [0.2, 0.25) is 0 Å². The van der Waals surface area contributed by atoms with Crippen molar-refractivity contribution in [2.24, 2.45) is 0 Å². The maximum Gasteiger partial charge on any atom is 0.224 e. The number of benzene rings is 2. The molecule has 2 rings (SSSR count). The average molecular weight is 370 g/mol. The standard InChI is InChI=1S/C20H23N3O2S/c1-4-11-21-20(26)23-22-13-17-9-10-18(19(12-17)24-3)25-14-16-7-5-15(2)6-8-16/h4-10,12-13H,1,11,14H2,2-3H3,(H2,21,23,26)/p+1. The van der Waals surface area contributed by atoms with E-state index >= 15 is 0 Å². The first kappa shape index (κ1) is 19.5. The maximum absolute atomic E-state index is 5.88. The summed E-state index contributed by atoms with van der Waals surface area (Å²) in [6.45, 7) is 6.78. The molecule has 5 nitrogen and oxygen atoms in total. The van der Waals surface area contributed by atoms with Gasteiger partial charge in [0.05, 0.1) is 7.11 Å². The minimum Gasteiger partial charge on any atom is -0.493 e. The smallest absolute Gasteiger partial charge is 0.224 e. The van der Waals surface area contributed by atoms with Gasteiger partial charge in [0, 0.05) is 12.1 Å². The number of thiocarbonyl (C=S) groups is 1. The zero-order valence-electron chi connectivity index (χ0n) is 15.0. The second-order valence-corrected chi connectivity index (χ2v) is 6.01.